The molecule has 6 heteroatoms. The molecule has 156 valence electrons. The maximum Gasteiger partial charge on any atom is 0.255 e. The van der Waals surface area contributed by atoms with Gasteiger partial charge in [-0.3, -0.25) is 14.9 Å². The van der Waals surface area contributed by atoms with Gasteiger partial charge < -0.3 is 10.2 Å². The molecule has 0 heterocycles. The van der Waals surface area contributed by atoms with Crippen LogP contribution >= 0.6 is 12.2 Å². The number of amides is 2. The number of carbonyl (C=O) groups is 2. The third-order valence-corrected chi connectivity index (χ3v) is 5.52. The first kappa shape index (κ1) is 21.7. The highest BCUT2D eigenvalue weighted by Gasteiger charge is 2.24. The highest BCUT2D eigenvalue weighted by Crippen LogP contribution is 2.25. The van der Waals surface area contributed by atoms with Crippen molar-refractivity contribution >= 4 is 40.9 Å². The molecule has 2 N–H and O–H groups in total. The number of nitrogens with one attached hydrogen (secondary N) is 2. The van der Waals surface area contributed by atoms with Gasteiger partial charge in [-0.05, 0) is 48.8 Å². The summed E-state index contributed by atoms with van der Waals surface area (Å²) in [7, 11) is 1.86. The monoisotopic (exact) mass is 421 g/mol. The van der Waals surface area contributed by atoms with Gasteiger partial charge >= 0.3 is 0 Å². The van der Waals surface area contributed by atoms with E-state index in [-0.39, 0.29) is 23.0 Å². The standard InChI is InChI=1S/C24H27N3O2S/c1-27(19-12-6-3-7-13-19)23(29)20-14-8-9-15-21(20)25-24(30)26-22(28)17-16-18-10-4-2-5-11-18/h2,4-5,8-11,14-17,19H,3,6-7,12-13H2,1H3,(H2,25,26,28,30). The number of nitrogens with zero attached hydrogens (tertiary/aromatic N) is 1. The number of carbonyl (C=O) groups excluding carboxylic acids is 2. The third kappa shape index (κ3) is 6.00. The van der Waals surface area contributed by atoms with Gasteiger partial charge in [0.25, 0.3) is 5.91 Å². The lowest BCUT2D eigenvalue weighted by Crippen LogP contribution is -2.39. The SMILES string of the molecule is CN(C(=O)c1ccccc1NC(=S)NC(=O)C=Cc1ccccc1)C1CCCCC1. The molecule has 1 saturated carbocycles. The zero-order chi connectivity index (χ0) is 21.3. The molecule has 5 nitrogen and oxygen atoms in total. The zero-order valence-electron chi connectivity index (χ0n) is 17.1. The summed E-state index contributed by atoms with van der Waals surface area (Å²) in [5.74, 6) is -0.373. The van der Waals surface area contributed by atoms with Crippen molar-refractivity contribution in [3.05, 3.63) is 71.8 Å². The molecule has 1 fully saturated rings. The van der Waals surface area contributed by atoms with Crippen LogP contribution in [0.5, 0.6) is 0 Å². The Labute approximate surface area is 183 Å². The lowest BCUT2D eigenvalue weighted by Gasteiger charge is -2.31. The van der Waals surface area contributed by atoms with E-state index in [1.54, 1.807) is 18.2 Å². The summed E-state index contributed by atoms with van der Waals surface area (Å²) in [4.78, 5) is 27.1. The molecule has 0 radical (unpaired) electrons. The van der Waals surface area contributed by atoms with Crippen molar-refractivity contribution in [1.29, 1.82) is 0 Å². The molecular weight excluding hydrogens is 394 g/mol. The quantitative estimate of drug-likeness (QED) is 0.546. The second-order valence-electron chi connectivity index (χ2n) is 7.44. The minimum Gasteiger partial charge on any atom is -0.339 e. The Bertz CT molecular complexity index is 921. The van der Waals surface area contributed by atoms with Crippen LogP contribution in [0.25, 0.3) is 6.08 Å². The summed E-state index contributed by atoms with van der Waals surface area (Å²) in [5, 5.41) is 5.77. The highest BCUT2D eigenvalue weighted by atomic mass is 32.1. The van der Waals surface area contributed by atoms with Crippen molar-refractivity contribution in [3.8, 4) is 0 Å². The fraction of sp³-hybridized carbons (Fsp3) is 0.292. The molecule has 3 rings (SSSR count). The summed E-state index contributed by atoms with van der Waals surface area (Å²) in [5.41, 5.74) is 2.05. The minimum absolute atomic E-state index is 0.0388. The number of thiocarbonyl (C=S) groups is 1. The van der Waals surface area contributed by atoms with E-state index in [2.05, 4.69) is 10.6 Å². The predicted molar refractivity (Wildman–Crippen MR) is 125 cm³/mol. The number of benzene rings is 2. The molecule has 1 aliphatic rings. The Morgan fingerprint density at radius 1 is 1.00 bits per heavy atom. The van der Waals surface area contributed by atoms with Crippen LogP contribution in [-0.4, -0.2) is 34.9 Å². The topological polar surface area (TPSA) is 61.4 Å². The van der Waals surface area contributed by atoms with Gasteiger partial charge in [0.1, 0.15) is 0 Å². The molecule has 0 unspecified atom stereocenters. The number of anilines is 1. The lowest BCUT2D eigenvalue weighted by atomic mass is 9.94. The van der Waals surface area contributed by atoms with Crippen LogP contribution in [0, 0.1) is 0 Å². The van der Waals surface area contributed by atoms with Gasteiger partial charge in [0.05, 0.1) is 11.3 Å². The molecule has 2 aromatic rings. The van der Waals surface area contributed by atoms with Gasteiger partial charge in [0.15, 0.2) is 5.11 Å². The van der Waals surface area contributed by atoms with E-state index in [0.717, 1.165) is 31.2 Å². The fourth-order valence-electron chi connectivity index (χ4n) is 3.65. The molecule has 0 aromatic heterocycles. The predicted octanol–water partition coefficient (Wildman–Crippen LogP) is 4.62. The van der Waals surface area contributed by atoms with E-state index in [1.807, 2.05) is 54.4 Å². The summed E-state index contributed by atoms with van der Waals surface area (Å²) in [6, 6.07) is 17.1. The molecule has 0 atom stereocenters. The molecular formula is C24H27N3O2S. The van der Waals surface area contributed by atoms with Crippen LogP contribution in [0.15, 0.2) is 60.7 Å². The Morgan fingerprint density at radius 3 is 2.40 bits per heavy atom. The van der Waals surface area contributed by atoms with Crippen LogP contribution in [-0.2, 0) is 4.79 Å². The van der Waals surface area contributed by atoms with Crippen LogP contribution in [0.2, 0.25) is 0 Å². The number of para-hydroxylation sites is 1. The van der Waals surface area contributed by atoms with Crippen molar-refractivity contribution in [2.45, 2.75) is 38.1 Å². The average molecular weight is 422 g/mol. The van der Waals surface area contributed by atoms with Gasteiger partial charge in [-0.1, -0.05) is 61.7 Å². The van der Waals surface area contributed by atoms with E-state index in [9.17, 15) is 9.59 Å². The summed E-state index contributed by atoms with van der Waals surface area (Å²) in [6.45, 7) is 0. The van der Waals surface area contributed by atoms with E-state index < -0.39 is 0 Å². The maximum atomic E-state index is 13.1. The van der Waals surface area contributed by atoms with Crippen LogP contribution in [0.1, 0.15) is 48.0 Å². The van der Waals surface area contributed by atoms with E-state index >= 15 is 0 Å². The Morgan fingerprint density at radius 2 is 1.67 bits per heavy atom. The van der Waals surface area contributed by atoms with Crippen LogP contribution in [0.4, 0.5) is 5.69 Å². The molecule has 0 aliphatic heterocycles. The first-order chi connectivity index (χ1) is 14.5. The van der Waals surface area contributed by atoms with Gasteiger partial charge in [-0.2, -0.15) is 0 Å². The van der Waals surface area contributed by atoms with Crippen molar-refractivity contribution < 1.29 is 9.59 Å². The molecule has 0 bridgehead atoms. The summed E-state index contributed by atoms with van der Waals surface area (Å²) >= 11 is 5.28. The zero-order valence-corrected chi connectivity index (χ0v) is 18.0. The lowest BCUT2D eigenvalue weighted by molar-refractivity contribution is -0.115. The van der Waals surface area contributed by atoms with Gasteiger partial charge in [0.2, 0.25) is 5.91 Å². The Balaban J connectivity index is 1.62. The first-order valence-electron chi connectivity index (χ1n) is 10.3. The molecule has 2 aromatic carbocycles. The number of hydrogen-bond donors (Lipinski definition) is 2. The second kappa shape index (κ2) is 10.7. The van der Waals surface area contributed by atoms with Crippen molar-refractivity contribution in [2.24, 2.45) is 0 Å². The summed E-state index contributed by atoms with van der Waals surface area (Å²) in [6.07, 6.45) is 8.79. The molecule has 2 amide bonds. The third-order valence-electron chi connectivity index (χ3n) is 5.31. The average Bonchev–Trinajstić information content (AvgIpc) is 2.78. The van der Waals surface area contributed by atoms with Crippen LogP contribution in [0.3, 0.4) is 0 Å². The van der Waals surface area contributed by atoms with E-state index in [1.165, 1.54) is 12.5 Å². The highest BCUT2D eigenvalue weighted by molar-refractivity contribution is 7.80. The van der Waals surface area contributed by atoms with Crippen molar-refractivity contribution in [2.75, 3.05) is 12.4 Å². The second-order valence-corrected chi connectivity index (χ2v) is 7.85. The first-order valence-corrected chi connectivity index (χ1v) is 10.7. The number of hydrogen-bond acceptors (Lipinski definition) is 3. The van der Waals surface area contributed by atoms with E-state index in [0.29, 0.717) is 11.3 Å². The van der Waals surface area contributed by atoms with Crippen molar-refractivity contribution in [3.63, 3.8) is 0 Å². The summed E-state index contributed by atoms with van der Waals surface area (Å²) < 4.78 is 0. The molecule has 30 heavy (non-hydrogen) atoms. The molecule has 0 saturated heterocycles. The van der Waals surface area contributed by atoms with Gasteiger partial charge in [-0.15, -0.1) is 0 Å². The van der Waals surface area contributed by atoms with Crippen LogP contribution < -0.4 is 10.6 Å². The molecule has 0 spiro atoms. The van der Waals surface area contributed by atoms with Gasteiger partial charge in [-0.25, -0.2) is 0 Å². The fourth-order valence-corrected chi connectivity index (χ4v) is 3.86. The Hall–Kier alpha value is -2.99. The minimum atomic E-state index is -0.334. The van der Waals surface area contributed by atoms with Crippen molar-refractivity contribution in [1.82, 2.24) is 10.2 Å². The van der Waals surface area contributed by atoms with E-state index in [4.69, 9.17) is 12.2 Å². The normalized spacial score (nSPS) is 14.3. The Kier molecular flexibility index (Phi) is 7.74. The molecule has 1 aliphatic carbocycles. The number of rotatable bonds is 5. The largest absolute Gasteiger partial charge is 0.339 e. The maximum absolute atomic E-state index is 13.1. The van der Waals surface area contributed by atoms with Gasteiger partial charge in [0, 0.05) is 19.2 Å². The smallest absolute Gasteiger partial charge is 0.255 e.